The van der Waals surface area contributed by atoms with Crippen molar-refractivity contribution in [3.63, 3.8) is 0 Å². The van der Waals surface area contributed by atoms with Gasteiger partial charge in [0.25, 0.3) is 0 Å². The molecule has 2 atom stereocenters. The smallest absolute Gasteiger partial charge is 0.217 e. The van der Waals surface area contributed by atoms with E-state index in [1.54, 1.807) is 0 Å². The highest BCUT2D eigenvalue weighted by molar-refractivity contribution is 6.07. The number of hydrogen-bond acceptors (Lipinski definition) is 1. The van der Waals surface area contributed by atoms with Crippen molar-refractivity contribution >= 4 is 27.6 Å². The maximum absolute atomic E-state index is 11.4. The number of nitrogens with two attached hydrogens (primary N) is 1. The number of carbonyl (C=O) groups is 1. The number of nitrogens with one attached hydrogen (secondary N) is 1. The Morgan fingerprint density at radius 1 is 1.17 bits per heavy atom. The lowest BCUT2D eigenvalue weighted by atomic mass is 9.98. The molecule has 1 aliphatic rings. The van der Waals surface area contributed by atoms with Crippen LogP contribution in [0.1, 0.15) is 37.4 Å². The first-order chi connectivity index (χ1) is 10.9. The molecule has 2 aromatic carbocycles. The summed E-state index contributed by atoms with van der Waals surface area (Å²) in [6, 6.07) is 12.9. The zero-order chi connectivity index (χ0) is 16.4. The molecule has 0 unspecified atom stereocenters. The lowest BCUT2D eigenvalue weighted by Gasteiger charge is -2.04. The predicted molar refractivity (Wildman–Crippen MR) is 94.4 cm³/mol. The van der Waals surface area contributed by atoms with E-state index in [-0.39, 0.29) is 11.3 Å². The van der Waals surface area contributed by atoms with E-state index in [1.807, 2.05) is 0 Å². The maximum atomic E-state index is 11.4. The minimum atomic E-state index is -0.200. The molecule has 0 aliphatic heterocycles. The fourth-order valence-corrected chi connectivity index (χ4v) is 4.40. The minimum absolute atomic E-state index is 0.126. The van der Waals surface area contributed by atoms with Gasteiger partial charge in [-0.2, -0.15) is 0 Å². The molecule has 1 heterocycles. The van der Waals surface area contributed by atoms with Crippen molar-refractivity contribution < 1.29 is 4.79 Å². The Hall–Kier alpha value is -2.29. The third kappa shape index (κ3) is 1.99. The van der Waals surface area contributed by atoms with Crippen LogP contribution < -0.4 is 5.73 Å². The van der Waals surface area contributed by atoms with E-state index in [0.717, 1.165) is 0 Å². The summed E-state index contributed by atoms with van der Waals surface area (Å²) in [6.07, 6.45) is 0.470. The number of carbonyl (C=O) groups excluding carboxylic acids is 1. The lowest BCUT2D eigenvalue weighted by Crippen LogP contribution is -2.12. The van der Waals surface area contributed by atoms with E-state index < -0.39 is 0 Å². The van der Waals surface area contributed by atoms with Gasteiger partial charge in [-0.3, -0.25) is 4.79 Å². The van der Waals surface area contributed by atoms with Crippen molar-refractivity contribution in [1.82, 2.24) is 4.98 Å². The van der Waals surface area contributed by atoms with Gasteiger partial charge in [0, 0.05) is 22.9 Å². The van der Waals surface area contributed by atoms with Crippen LogP contribution in [0.15, 0.2) is 36.4 Å². The monoisotopic (exact) mass is 306 g/mol. The summed E-state index contributed by atoms with van der Waals surface area (Å²) in [5.74, 6) is 0.530. The van der Waals surface area contributed by atoms with Crippen LogP contribution in [0.4, 0.5) is 0 Å². The topological polar surface area (TPSA) is 58.9 Å². The zero-order valence-corrected chi connectivity index (χ0v) is 13.8. The third-order valence-corrected chi connectivity index (χ3v) is 5.72. The van der Waals surface area contributed by atoms with Crippen molar-refractivity contribution in [1.29, 1.82) is 0 Å². The number of hydrogen-bond donors (Lipinski definition) is 2. The average Bonchev–Trinajstić information content (AvgIpc) is 2.86. The van der Waals surface area contributed by atoms with Crippen molar-refractivity contribution in [3.05, 3.63) is 47.7 Å². The van der Waals surface area contributed by atoms with Crippen molar-refractivity contribution in [2.24, 2.45) is 17.1 Å². The van der Waals surface area contributed by atoms with E-state index in [0.29, 0.717) is 18.3 Å². The summed E-state index contributed by atoms with van der Waals surface area (Å²) in [4.78, 5) is 15.0. The third-order valence-electron chi connectivity index (χ3n) is 5.72. The van der Waals surface area contributed by atoms with Gasteiger partial charge in [-0.1, -0.05) is 50.2 Å². The van der Waals surface area contributed by atoms with Gasteiger partial charge in [0.2, 0.25) is 5.91 Å². The molecule has 1 aromatic heterocycles. The van der Waals surface area contributed by atoms with Gasteiger partial charge in [0.05, 0.1) is 5.52 Å². The van der Waals surface area contributed by atoms with Crippen LogP contribution in [0.25, 0.3) is 21.7 Å². The van der Waals surface area contributed by atoms with Crippen LogP contribution in [-0.4, -0.2) is 10.9 Å². The van der Waals surface area contributed by atoms with E-state index in [4.69, 9.17) is 5.73 Å². The highest BCUT2D eigenvalue weighted by Gasteiger charge is 2.59. The Bertz CT molecular complexity index is 935. The van der Waals surface area contributed by atoms with Crippen LogP contribution in [0, 0.1) is 18.3 Å². The average molecular weight is 306 g/mol. The normalized spacial score (nSPS) is 22.6. The molecule has 1 fully saturated rings. The van der Waals surface area contributed by atoms with Crippen molar-refractivity contribution in [2.75, 3.05) is 0 Å². The number of aromatic amines is 1. The quantitative estimate of drug-likeness (QED) is 0.747. The number of benzene rings is 2. The predicted octanol–water partition coefficient (Wildman–Crippen LogP) is 4.24. The Kier molecular flexibility index (Phi) is 2.87. The van der Waals surface area contributed by atoms with Gasteiger partial charge in [-0.15, -0.1) is 0 Å². The number of aromatic nitrogens is 1. The molecule has 0 radical (unpaired) electrons. The molecule has 0 bridgehead atoms. The first kappa shape index (κ1) is 14.3. The van der Waals surface area contributed by atoms with Gasteiger partial charge in [-0.05, 0) is 35.1 Å². The Morgan fingerprint density at radius 2 is 1.91 bits per heavy atom. The molecule has 3 heteroatoms. The van der Waals surface area contributed by atoms with Crippen molar-refractivity contribution in [2.45, 2.75) is 33.1 Å². The highest BCUT2D eigenvalue weighted by atomic mass is 16.1. The molecule has 23 heavy (non-hydrogen) atoms. The SMILES string of the molecule is Cc1[nH]c2c(ccc3ccccc32)c1[C@@H]1[C@H](CC(N)=O)C1(C)C. The fourth-order valence-electron chi connectivity index (χ4n) is 4.40. The first-order valence-electron chi connectivity index (χ1n) is 8.19. The van der Waals surface area contributed by atoms with Gasteiger partial charge >= 0.3 is 0 Å². The molecule has 1 saturated carbocycles. The number of H-pyrrole nitrogens is 1. The molecule has 0 spiro atoms. The van der Waals surface area contributed by atoms with Crippen molar-refractivity contribution in [3.8, 4) is 0 Å². The summed E-state index contributed by atoms with van der Waals surface area (Å²) in [5.41, 5.74) is 9.35. The highest BCUT2D eigenvalue weighted by Crippen LogP contribution is 2.67. The van der Waals surface area contributed by atoms with E-state index in [2.05, 4.69) is 62.2 Å². The van der Waals surface area contributed by atoms with Crippen LogP contribution in [0.3, 0.4) is 0 Å². The van der Waals surface area contributed by atoms with E-state index >= 15 is 0 Å². The Labute approximate surface area is 135 Å². The summed E-state index contributed by atoms with van der Waals surface area (Å²) < 4.78 is 0. The largest absolute Gasteiger partial charge is 0.370 e. The van der Waals surface area contributed by atoms with E-state index in [1.165, 1.54) is 32.9 Å². The molecule has 3 nitrogen and oxygen atoms in total. The maximum Gasteiger partial charge on any atom is 0.217 e. The number of aryl methyl sites for hydroxylation is 1. The summed E-state index contributed by atoms with van der Waals surface area (Å²) >= 11 is 0. The molecule has 4 rings (SSSR count). The second kappa shape index (κ2) is 4.60. The Balaban J connectivity index is 1.90. The second-order valence-corrected chi connectivity index (χ2v) is 7.45. The number of rotatable bonds is 3. The van der Waals surface area contributed by atoms with Gasteiger partial charge < -0.3 is 10.7 Å². The first-order valence-corrected chi connectivity index (χ1v) is 8.19. The standard InChI is InChI=1S/C20H22N2O/c1-11-17(18-15(10-16(21)23)20(18,2)3)14-9-8-12-6-4-5-7-13(12)19(14)22-11/h4-9,15,18,22H,10H2,1-3H3,(H2,21,23)/t15-,18-/m0/s1. The van der Waals surface area contributed by atoms with Gasteiger partial charge in [0.15, 0.2) is 0 Å². The molecule has 3 aromatic rings. The lowest BCUT2D eigenvalue weighted by molar-refractivity contribution is -0.118. The van der Waals surface area contributed by atoms with Crippen LogP contribution >= 0.6 is 0 Å². The fraction of sp³-hybridized carbons (Fsp3) is 0.350. The van der Waals surface area contributed by atoms with Crippen LogP contribution in [0.5, 0.6) is 0 Å². The van der Waals surface area contributed by atoms with Gasteiger partial charge in [0.1, 0.15) is 0 Å². The summed E-state index contributed by atoms with van der Waals surface area (Å²) in [6.45, 7) is 6.62. The van der Waals surface area contributed by atoms with Crippen LogP contribution in [0.2, 0.25) is 0 Å². The zero-order valence-electron chi connectivity index (χ0n) is 13.8. The summed E-state index contributed by atoms with van der Waals surface area (Å²) in [5, 5.41) is 3.78. The molecule has 3 N–H and O–H groups in total. The van der Waals surface area contributed by atoms with Crippen LogP contribution in [-0.2, 0) is 4.79 Å². The number of primary amides is 1. The molecular weight excluding hydrogens is 284 g/mol. The molecule has 0 saturated heterocycles. The van der Waals surface area contributed by atoms with E-state index in [9.17, 15) is 4.79 Å². The minimum Gasteiger partial charge on any atom is -0.370 e. The number of fused-ring (bicyclic) bond motifs is 3. The molecule has 1 aliphatic carbocycles. The molecule has 1 amide bonds. The molecular formula is C20H22N2O. The summed E-state index contributed by atoms with van der Waals surface area (Å²) in [7, 11) is 0. The Morgan fingerprint density at radius 3 is 2.65 bits per heavy atom. The second-order valence-electron chi connectivity index (χ2n) is 7.45. The van der Waals surface area contributed by atoms with Gasteiger partial charge in [-0.25, -0.2) is 0 Å². The molecule has 118 valence electrons. The number of amides is 1.